The first kappa shape index (κ1) is 10.1. The third-order valence-electron chi connectivity index (χ3n) is 2.63. The summed E-state index contributed by atoms with van der Waals surface area (Å²) in [4.78, 5) is 12.2. The highest BCUT2D eigenvalue weighted by Gasteiger charge is 2.14. The Balaban J connectivity index is 2.21. The normalized spacial score (nSPS) is 10.6. The predicted octanol–water partition coefficient (Wildman–Crippen LogP) is 2.92. The molecule has 0 bridgehead atoms. The number of ketones is 1. The van der Waals surface area contributed by atoms with Crippen LogP contribution in [0.5, 0.6) is 0 Å². The molecule has 0 fully saturated rings. The Morgan fingerprint density at radius 2 is 1.88 bits per heavy atom. The molecule has 3 nitrogen and oxygen atoms in total. The van der Waals surface area contributed by atoms with Crippen molar-refractivity contribution in [2.24, 2.45) is 0 Å². The maximum absolute atomic E-state index is 12.2. The third kappa shape index (κ3) is 1.72. The van der Waals surface area contributed by atoms with Crippen LogP contribution in [-0.2, 0) is 0 Å². The lowest BCUT2D eigenvalue weighted by Gasteiger charge is -2.03. The quantitative estimate of drug-likeness (QED) is 0.647. The van der Waals surface area contributed by atoms with Crippen molar-refractivity contribution in [3.63, 3.8) is 0 Å². The molecule has 0 spiro atoms. The van der Waals surface area contributed by atoms with Gasteiger partial charge in [0, 0.05) is 5.56 Å². The lowest BCUT2D eigenvalue weighted by Crippen LogP contribution is -2.02. The molecule has 0 atom stereocenters. The van der Waals surface area contributed by atoms with Crippen molar-refractivity contribution in [3.05, 3.63) is 59.9 Å². The van der Waals surface area contributed by atoms with Crippen molar-refractivity contribution in [2.45, 2.75) is 0 Å². The lowest BCUT2D eigenvalue weighted by atomic mass is 10.0. The maximum Gasteiger partial charge on any atom is 0.214 e. The summed E-state index contributed by atoms with van der Waals surface area (Å²) in [6.45, 7) is 0. The molecule has 1 heterocycles. The monoisotopic (exact) mass is 240 g/mol. The number of rotatable bonds is 2. The summed E-state index contributed by atoms with van der Waals surface area (Å²) in [5, 5.41) is 2.01. The van der Waals surface area contributed by atoms with Gasteiger partial charge in [-0.2, -0.15) is 8.75 Å². The van der Waals surface area contributed by atoms with Gasteiger partial charge in [0.15, 0.2) is 0 Å². The van der Waals surface area contributed by atoms with Gasteiger partial charge < -0.3 is 0 Å². The van der Waals surface area contributed by atoms with E-state index < -0.39 is 0 Å². The molecule has 0 N–H and O–H groups in total. The van der Waals surface area contributed by atoms with E-state index in [1.807, 2.05) is 42.5 Å². The van der Waals surface area contributed by atoms with Crippen molar-refractivity contribution in [2.75, 3.05) is 0 Å². The Morgan fingerprint density at radius 1 is 1.06 bits per heavy atom. The summed E-state index contributed by atoms with van der Waals surface area (Å²) in [6.07, 6.45) is 1.51. The zero-order valence-corrected chi connectivity index (χ0v) is 9.65. The fraction of sp³-hybridized carbons (Fsp3) is 0. The summed E-state index contributed by atoms with van der Waals surface area (Å²) in [7, 11) is 0. The van der Waals surface area contributed by atoms with Gasteiger partial charge in [-0.3, -0.25) is 4.79 Å². The SMILES string of the molecule is O=C(c1cnsn1)c1cccc2ccccc12. The maximum atomic E-state index is 12.2. The molecule has 0 aliphatic heterocycles. The summed E-state index contributed by atoms with van der Waals surface area (Å²) in [5.41, 5.74) is 1.09. The second kappa shape index (κ2) is 4.07. The largest absolute Gasteiger partial charge is 0.287 e. The van der Waals surface area contributed by atoms with Crippen LogP contribution in [0.4, 0.5) is 0 Å². The van der Waals surface area contributed by atoms with Crippen molar-refractivity contribution in [1.29, 1.82) is 0 Å². The van der Waals surface area contributed by atoms with E-state index in [0.29, 0.717) is 11.3 Å². The Labute approximate surface area is 102 Å². The first-order valence-corrected chi connectivity index (χ1v) is 5.89. The molecular formula is C13H8N2OS. The molecule has 17 heavy (non-hydrogen) atoms. The zero-order chi connectivity index (χ0) is 11.7. The first-order valence-electron chi connectivity index (χ1n) is 5.16. The van der Waals surface area contributed by atoms with Gasteiger partial charge in [0.05, 0.1) is 17.9 Å². The molecule has 3 rings (SSSR count). The van der Waals surface area contributed by atoms with Gasteiger partial charge in [-0.25, -0.2) is 0 Å². The van der Waals surface area contributed by atoms with Crippen LogP contribution in [0.3, 0.4) is 0 Å². The van der Waals surface area contributed by atoms with E-state index in [9.17, 15) is 4.79 Å². The summed E-state index contributed by atoms with van der Waals surface area (Å²) < 4.78 is 7.84. The standard InChI is InChI=1S/C13H8N2OS/c16-13(12-8-14-17-15-12)11-7-3-5-9-4-1-2-6-10(9)11/h1-8H. The van der Waals surface area contributed by atoms with E-state index in [1.54, 1.807) is 0 Å². The number of hydrogen-bond acceptors (Lipinski definition) is 4. The third-order valence-corrected chi connectivity index (χ3v) is 3.11. The molecular weight excluding hydrogens is 232 g/mol. The van der Waals surface area contributed by atoms with Crippen LogP contribution in [0.25, 0.3) is 10.8 Å². The van der Waals surface area contributed by atoms with Crippen molar-refractivity contribution in [3.8, 4) is 0 Å². The first-order chi connectivity index (χ1) is 8.36. The molecule has 2 aromatic carbocycles. The Kier molecular flexibility index (Phi) is 2.42. The minimum atomic E-state index is -0.0736. The molecule has 0 unspecified atom stereocenters. The average molecular weight is 240 g/mol. The van der Waals surface area contributed by atoms with Crippen molar-refractivity contribution >= 4 is 28.3 Å². The molecule has 0 radical (unpaired) electrons. The average Bonchev–Trinajstić information content (AvgIpc) is 2.91. The second-order valence-electron chi connectivity index (χ2n) is 3.65. The molecule has 0 saturated heterocycles. The lowest BCUT2D eigenvalue weighted by molar-refractivity contribution is 0.103. The zero-order valence-electron chi connectivity index (χ0n) is 8.83. The highest BCUT2D eigenvalue weighted by Crippen LogP contribution is 2.20. The van der Waals surface area contributed by atoms with Gasteiger partial charge in [0.2, 0.25) is 5.78 Å². The summed E-state index contributed by atoms with van der Waals surface area (Å²) in [5.74, 6) is -0.0736. The smallest absolute Gasteiger partial charge is 0.214 e. The Hall–Kier alpha value is -2.07. The van der Waals surface area contributed by atoms with E-state index in [2.05, 4.69) is 8.75 Å². The van der Waals surface area contributed by atoms with Crippen molar-refractivity contribution < 1.29 is 4.79 Å². The topological polar surface area (TPSA) is 42.9 Å². The van der Waals surface area contributed by atoms with Crippen LogP contribution in [0.1, 0.15) is 16.1 Å². The van der Waals surface area contributed by atoms with E-state index in [0.717, 1.165) is 22.5 Å². The fourth-order valence-electron chi connectivity index (χ4n) is 1.83. The molecule has 1 aromatic heterocycles. The van der Waals surface area contributed by atoms with Gasteiger partial charge in [-0.05, 0) is 10.8 Å². The second-order valence-corrected chi connectivity index (χ2v) is 4.21. The molecule has 0 saturated carbocycles. The Bertz CT molecular complexity index is 671. The number of benzene rings is 2. The van der Waals surface area contributed by atoms with Crippen LogP contribution in [0.2, 0.25) is 0 Å². The van der Waals surface area contributed by atoms with Crippen LogP contribution in [-0.4, -0.2) is 14.5 Å². The molecule has 0 aliphatic rings. The highest BCUT2D eigenvalue weighted by molar-refractivity contribution is 6.99. The van der Waals surface area contributed by atoms with Crippen LogP contribution in [0.15, 0.2) is 48.7 Å². The number of carbonyl (C=O) groups is 1. The number of fused-ring (bicyclic) bond motifs is 1. The van der Waals surface area contributed by atoms with Gasteiger partial charge in [0.1, 0.15) is 5.69 Å². The van der Waals surface area contributed by atoms with E-state index in [-0.39, 0.29) is 5.78 Å². The summed E-state index contributed by atoms with van der Waals surface area (Å²) in [6, 6.07) is 13.5. The fourth-order valence-corrected chi connectivity index (χ4v) is 2.24. The van der Waals surface area contributed by atoms with E-state index in [1.165, 1.54) is 6.20 Å². The predicted molar refractivity (Wildman–Crippen MR) is 67.3 cm³/mol. The minimum Gasteiger partial charge on any atom is -0.287 e. The Morgan fingerprint density at radius 3 is 2.71 bits per heavy atom. The highest BCUT2D eigenvalue weighted by atomic mass is 32.1. The number of carbonyl (C=O) groups excluding carboxylic acids is 1. The van der Waals surface area contributed by atoms with E-state index >= 15 is 0 Å². The van der Waals surface area contributed by atoms with Crippen LogP contribution < -0.4 is 0 Å². The molecule has 4 heteroatoms. The number of aromatic nitrogens is 2. The van der Waals surface area contributed by atoms with Gasteiger partial charge in [0.25, 0.3) is 0 Å². The van der Waals surface area contributed by atoms with Crippen molar-refractivity contribution in [1.82, 2.24) is 8.75 Å². The van der Waals surface area contributed by atoms with Gasteiger partial charge in [-0.15, -0.1) is 0 Å². The molecule has 0 aliphatic carbocycles. The molecule has 0 amide bonds. The van der Waals surface area contributed by atoms with Crippen LogP contribution >= 0.6 is 11.7 Å². The number of nitrogens with zero attached hydrogens (tertiary/aromatic N) is 2. The number of hydrogen-bond donors (Lipinski definition) is 0. The molecule has 3 aromatic rings. The van der Waals surface area contributed by atoms with Crippen LogP contribution in [0, 0.1) is 0 Å². The summed E-state index contributed by atoms with van der Waals surface area (Å²) >= 11 is 1.05. The minimum absolute atomic E-state index is 0.0736. The van der Waals surface area contributed by atoms with Gasteiger partial charge >= 0.3 is 0 Å². The van der Waals surface area contributed by atoms with E-state index in [4.69, 9.17) is 0 Å². The molecule has 82 valence electrons. The van der Waals surface area contributed by atoms with Gasteiger partial charge in [-0.1, -0.05) is 42.5 Å².